The van der Waals surface area contributed by atoms with Gasteiger partial charge in [-0.05, 0) is 61.8 Å². The van der Waals surface area contributed by atoms with E-state index in [1.165, 1.54) is 0 Å². The van der Waals surface area contributed by atoms with Crippen LogP contribution in [-0.4, -0.2) is 67.9 Å². The van der Waals surface area contributed by atoms with Crippen LogP contribution in [0.4, 0.5) is 4.79 Å². The molecule has 12 heteroatoms. The van der Waals surface area contributed by atoms with Gasteiger partial charge in [0.1, 0.15) is 12.6 Å². The Morgan fingerprint density at radius 2 is 1.29 bits per heavy atom. The third-order valence-electron chi connectivity index (χ3n) is 8.17. The summed E-state index contributed by atoms with van der Waals surface area (Å²) in [4.78, 5) is 76.6. The predicted molar refractivity (Wildman–Crippen MR) is 192 cm³/mol. The first-order valence-corrected chi connectivity index (χ1v) is 17.1. The summed E-state index contributed by atoms with van der Waals surface area (Å²) in [6.45, 7) is 3.32. The molecular formula is C39H48N4O8. The molecule has 0 saturated carbocycles. The van der Waals surface area contributed by atoms with E-state index < -0.39 is 42.4 Å². The van der Waals surface area contributed by atoms with Crippen molar-refractivity contribution in [3.63, 3.8) is 0 Å². The number of carbonyl (C=O) groups excluding carboxylic acids is 6. The number of ether oxygens (including phenoxy) is 2. The van der Waals surface area contributed by atoms with Gasteiger partial charge in [0.2, 0.25) is 17.7 Å². The maximum atomic E-state index is 13.7. The van der Waals surface area contributed by atoms with Gasteiger partial charge in [0.25, 0.3) is 0 Å². The van der Waals surface area contributed by atoms with Crippen molar-refractivity contribution in [1.82, 2.24) is 21.3 Å². The number of Topliss-reactive ketones (excluding diaryl/α,β-unsaturated/α-hetero) is 1. The fourth-order valence-corrected chi connectivity index (χ4v) is 5.32. The van der Waals surface area contributed by atoms with E-state index in [0.717, 1.165) is 11.1 Å². The number of benzene rings is 3. The van der Waals surface area contributed by atoms with Gasteiger partial charge in [-0.25, -0.2) is 9.59 Å². The summed E-state index contributed by atoms with van der Waals surface area (Å²) in [5, 5.41) is 10.7. The summed E-state index contributed by atoms with van der Waals surface area (Å²) < 4.78 is 10.8. The lowest BCUT2D eigenvalue weighted by Gasteiger charge is -2.23. The molecule has 51 heavy (non-hydrogen) atoms. The van der Waals surface area contributed by atoms with Crippen molar-refractivity contribution < 1.29 is 38.2 Å². The van der Waals surface area contributed by atoms with Gasteiger partial charge in [0, 0.05) is 32.9 Å². The van der Waals surface area contributed by atoms with E-state index in [9.17, 15) is 28.8 Å². The monoisotopic (exact) mass is 700 g/mol. The SMILES string of the molecule is CNC(=O)CCCC(=O)NCCCC[C@@H](NC(=O)[C@@H](Cc1ccccc1)NC(=O)OCc1ccccc1)C(=O)COC(=O)c1c(C)cccc1C. The van der Waals surface area contributed by atoms with E-state index in [0.29, 0.717) is 42.5 Å². The first kappa shape index (κ1) is 39.9. The molecule has 0 unspecified atom stereocenters. The lowest BCUT2D eigenvalue weighted by Crippen LogP contribution is -2.53. The Balaban J connectivity index is 1.67. The highest BCUT2D eigenvalue weighted by Crippen LogP contribution is 2.15. The maximum Gasteiger partial charge on any atom is 0.408 e. The quantitative estimate of drug-likeness (QED) is 0.100. The second-order valence-electron chi connectivity index (χ2n) is 12.2. The summed E-state index contributed by atoms with van der Waals surface area (Å²) in [6, 6.07) is 21.5. The number of unbranched alkanes of at least 4 members (excludes halogenated alkanes) is 1. The Labute approximate surface area is 299 Å². The van der Waals surface area contributed by atoms with E-state index in [1.807, 2.05) is 66.7 Å². The van der Waals surface area contributed by atoms with Crippen LogP contribution in [0, 0.1) is 13.8 Å². The Kier molecular flexibility index (Phi) is 16.9. The molecule has 12 nitrogen and oxygen atoms in total. The topological polar surface area (TPSA) is 169 Å². The summed E-state index contributed by atoms with van der Waals surface area (Å²) in [6.07, 6.45) is 1.34. The van der Waals surface area contributed by atoms with Crippen molar-refractivity contribution >= 4 is 35.6 Å². The highest BCUT2D eigenvalue weighted by molar-refractivity contribution is 5.96. The molecule has 4 N–H and O–H groups in total. The van der Waals surface area contributed by atoms with Crippen molar-refractivity contribution in [3.05, 3.63) is 107 Å². The van der Waals surface area contributed by atoms with E-state index in [4.69, 9.17) is 9.47 Å². The van der Waals surface area contributed by atoms with Crippen LogP contribution in [0.25, 0.3) is 0 Å². The molecule has 0 aliphatic heterocycles. The molecule has 0 fully saturated rings. The molecule has 0 saturated heterocycles. The predicted octanol–water partition coefficient (Wildman–Crippen LogP) is 4.25. The first-order chi connectivity index (χ1) is 24.6. The fourth-order valence-electron chi connectivity index (χ4n) is 5.32. The summed E-state index contributed by atoms with van der Waals surface area (Å²) in [5.41, 5.74) is 3.34. The molecule has 272 valence electrons. The van der Waals surface area contributed by atoms with Gasteiger partial charge in [-0.3, -0.25) is 19.2 Å². The van der Waals surface area contributed by atoms with Crippen LogP contribution in [0.15, 0.2) is 78.9 Å². The van der Waals surface area contributed by atoms with Crippen LogP contribution in [0.1, 0.15) is 71.1 Å². The van der Waals surface area contributed by atoms with Crippen molar-refractivity contribution in [3.8, 4) is 0 Å². The molecule has 3 aromatic carbocycles. The van der Waals surface area contributed by atoms with Crippen LogP contribution in [0.3, 0.4) is 0 Å². The van der Waals surface area contributed by atoms with E-state index in [2.05, 4.69) is 21.3 Å². The molecular weight excluding hydrogens is 652 g/mol. The van der Waals surface area contributed by atoms with Crippen molar-refractivity contribution in [2.24, 2.45) is 0 Å². The van der Waals surface area contributed by atoms with Gasteiger partial charge in [-0.1, -0.05) is 78.9 Å². The molecule has 0 bridgehead atoms. The van der Waals surface area contributed by atoms with Gasteiger partial charge in [-0.2, -0.15) is 0 Å². The van der Waals surface area contributed by atoms with E-state index >= 15 is 0 Å². The largest absolute Gasteiger partial charge is 0.454 e. The number of nitrogens with one attached hydrogen (secondary N) is 4. The van der Waals surface area contributed by atoms with Gasteiger partial charge in [0.05, 0.1) is 11.6 Å². The van der Waals surface area contributed by atoms with Crippen molar-refractivity contribution in [2.75, 3.05) is 20.2 Å². The van der Waals surface area contributed by atoms with Crippen LogP contribution in [0.5, 0.6) is 0 Å². The summed E-state index contributed by atoms with van der Waals surface area (Å²) >= 11 is 0. The summed E-state index contributed by atoms with van der Waals surface area (Å²) in [5.74, 6) is -2.10. The van der Waals surface area contributed by atoms with Crippen LogP contribution in [-0.2, 0) is 41.7 Å². The molecule has 3 aromatic rings. The lowest BCUT2D eigenvalue weighted by atomic mass is 10.0. The molecule has 0 aromatic heterocycles. The highest BCUT2D eigenvalue weighted by Gasteiger charge is 2.28. The second-order valence-corrected chi connectivity index (χ2v) is 12.2. The Morgan fingerprint density at radius 3 is 1.94 bits per heavy atom. The number of esters is 1. The zero-order valence-corrected chi connectivity index (χ0v) is 29.5. The average Bonchev–Trinajstić information content (AvgIpc) is 3.12. The van der Waals surface area contributed by atoms with Gasteiger partial charge in [0.15, 0.2) is 12.4 Å². The molecule has 3 rings (SSSR count). The number of hydrogen-bond acceptors (Lipinski definition) is 8. The minimum atomic E-state index is -1.09. The lowest BCUT2D eigenvalue weighted by molar-refractivity contribution is -0.130. The zero-order chi connectivity index (χ0) is 37.0. The van der Waals surface area contributed by atoms with Crippen LogP contribution in [0.2, 0.25) is 0 Å². The number of carbonyl (C=O) groups is 6. The molecule has 0 heterocycles. The number of ketones is 1. The number of aryl methyl sites for hydroxylation is 2. The van der Waals surface area contributed by atoms with E-state index in [-0.39, 0.29) is 44.1 Å². The zero-order valence-electron chi connectivity index (χ0n) is 29.5. The third kappa shape index (κ3) is 14.5. The van der Waals surface area contributed by atoms with Gasteiger partial charge in [-0.15, -0.1) is 0 Å². The van der Waals surface area contributed by atoms with Crippen molar-refractivity contribution in [1.29, 1.82) is 0 Å². The standard InChI is InChI=1S/C39H48N4O8/c1-27-14-12-15-28(2)36(27)38(48)50-26-33(44)31(20-10-11-23-41-35(46)22-13-21-34(45)40-3)42-37(47)32(24-29-16-6-4-7-17-29)43-39(49)51-25-30-18-8-5-9-19-30/h4-9,12,14-19,31-32H,10-11,13,20-26H2,1-3H3,(H,40,45)(H,41,46)(H,42,47)(H,43,49)/t31-,32-/m1/s1. The third-order valence-corrected chi connectivity index (χ3v) is 8.17. The highest BCUT2D eigenvalue weighted by atomic mass is 16.5. The number of hydrogen-bond donors (Lipinski definition) is 4. The number of alkyl carbamates (subject to hydrolysis) is 1. The molecule has 0 radical (unpaired) electrons. The number of rotatable bonds is 20. The van der Waals surface area contributed by atoms with Gasteiger partial charge < -0.3 is 30.7 Å². The fraction of sp³-hybridized carbons (Fsp3) is 0.385. The maximum absolute atomic E-state index is 13.7. The molecule has 4 amide bonds. The second kappa shape index (κ2) is 21.5. The molecule has 0 aliphatic rings. The number of amides is 4. The Bertz CT molecular complexity index is 1590. The Morgan fingerprint density at radius 1 is 0.667 bits per heavy atom. The van der Waals surface area contributed by atoms with Crippen molar-refractivity contribution in [2.45, 2.75) is 77.5 Å². The summed E-state index contributed by atoms with van der Waals surface area (Å²) in [7, 11) is 1.54. The van der Waals surface area contributed by atoms with Crippen LogP contribution >= 0.6 is 0 Å². The molecule has 0 aliphatic carbocycles. The van der Waals surface area contributed by atoms with Gasteiger partial charge >= 0.3 is 12.1 Å². The Hall–Kier alpha value is -5.52. The smallest absolute Gasteiger partial charge is 0.408 e. The first-order valence-electron chi connectivity index (χ1n) is 17.1. The minimum absolute atomic E-state index is 0.00377. The van der Waals surface area contributed by atoms with E-state index in [1.54, 1.807) is 33.0 Å². The average molecular weight is 701 g/mol. The molecule has 0 spiro atoms. The molecule has 2 atom stereocenters. The normalized spacial score (nSPS) is 11.7. The minimum Gasteiger partial charge on any atom is -0.454 e. The van der Waals surface area contributed by atoms with Crippen LogP contribution < -0.4 is 21.3 Å².